The highest BCUT2D eigenvalue weighted by Gasteiger charge is 2.40. The van der Waals surface area contributed by atoms with Crippen molar-refractivity contribution in [2.24, 2.45) is 0 Å². The second-order valence-corrected chi connectivity index (χ2v) is 10.4. The first-order valence-electron chi connectivity index (χ1n) is 12.3. The molecule has 0 radical (unpaired) electrons. The Balaban J connectivity index is 1.45. The molecular weight excluding hydrogens is 607 g/mol. The number of anilines is 1. The van der Waals surface area contributed by atoms with Gasteiger partial charge in [-0.05, 0) is 30.7 Å². The van der Waals surface area contributed by atoms with Crippen molar-refractivity contribution in [1.29, 1.82) is 0 Å². The molecule has 2 amide bonds. The van der Waals surface area contributed by atoms with Gasteiger partial charge < -0.3 is 24.8 Å². The number of aromatic nitrogens is 1. The van der Waals surface area contributed by atoms with Gasteiger partial charge in [0.05, 0.1) is 41.1 Å². The average molecular weight is 629 g/mol. The van der Waals surface area contributed by atoms with E-state index < -0.39 is 52.3 Å². The Labute approximate surface area is 232 Å². The average Bonchev–Trinajstić information content (AvgIpc) is 3.37. The molecule has 2 saturated heterocycles. The molecule has 8 nitrogen and oxygen atoms in total. The second-order valence-electron chi connectivity index (χ2n) is 9.49. The number of H-pyrrole nitrogens is 1. The molecule has 2 N–H and O–H groups in total. The maximum atomic E-state index is 14.2. The summed E-state index contributed by atoms with van der Waals surface area (Å²) in [5.41, 5.74) is -2.92. The van der Waals surface area contributed by atoms with Gasteiger partial charge in [0.25, 0.3) is 11.8 Å². The molecule has 0 spiro atoms. The number of carbonyl (C=O) groups is 2. The molecule has 0 bridgehead atoms. The van der Waals surface area contributed by atoms with Gasteiger partial charge in [0.2, 0.25) is 5.56 Å². The van der Waals surface area contributed by atoms with Crippen molar-refractivity contribution < 1.29 is 36.3 Å². The first-order chi connectivity index (χ1) is 18.9. The molecule has 40 heavy (non-hydrogen) atoms. The molecule has 3 aromatic rings. The van der Waals surface area contributed by atoms with Crippen molar-refractivity contribution >= 4 is 44.3 Å². The van der Waals surface area contributed by atoms with Crippen molar-refractivity contribution in [3.05, 3.63) is 73.5 Å². The third-order valence-corrected chi connectivity index (χ3v) is 7.36. The van der Waals surface area contributed by atoms with Crippen LogP contribution in [0.2, 0.25) is 0 Å². The Morgan fingerprint density at radius 3 is 2.48 bits per heavy atom. The van der Waals surface area contributed by atoms with Gasteiger partial charge in [-0.1, -0.05) is 15.9 Å². The predicted octanol–water partition coefficient (Wildman–Crippen LogP) is 4.07. The third kappa shape index (κ3) is 5.42. The molecule has 5 rings (SSSR count). The van der Waals surface area contributed by atoms with Crippen LogP contribution in [0.15, 0.2) is 39.6 Å². The van der Waals surface area contributed by atoms with E-state index in [1.807, 2.05) is 0 Å². The highest BCUT2D eigenvalue weighted by atomic mass is 79.9. The zero-order valence-electron chi connectivity index (χ0n) is 20.7. The number of hydrogen-bond donors (Lipinski definition) is 2. The fourth-order valence-electron chi connectivity index (χ4n) is 5.05. The summed E-state index contributed by atoms with van der Waals surface area (Å²) >= 11 is 3.10. The Morgan fingerprint density at radius 2 is 1.77 bits per heavy atom. The lowest BCUT2D eigenvalue weighted by Gasteiger charge is -2.31. The molecule has 0 aliphatic carbocycles. The molecule has 2 fully saturated rings. The summed E-state index contributed by atoms with van der Waals surface area (Å²) in [6, 6.07) is 4.52. The van der Waals surface area contributed by atoms with Crippen molar-refractivity contribution in [3.8, 4) is 0 Å². The topological polar surface area (TPSA) is 94.7 Å². The van der Waals surface area contributed by atoms with E-state index in [1.165, 1.54) is 15.9 Å². The van der Waals surface area contributed by atoms with E-state index in [-0.39, 0.29) is 72.5 Å². The maximum Gasteiger partial charge on any atom is 0.418 e. The van der Waals surface area contributed by atoms with Gasteiger partial charge in [0.1, 0.15) is 0 Å². The number of halogens is 6. The maximum absolute atomic E-state index is 14.2. The standard InChI is InChI=1S/C26H22BrF5N4O4/c27-13-9-17(25(39)35-5-7-40-8-6-35)23(18(10-13)26(30,31)32)36-4-3-14(12-36)33-24(38)16-11-20(37)34-22-15(16)1-2-19(28)21(22)29/h1-2,9-11,14H,3-8,12H2,(H,33,38)(H,34,37)/t14-/m1/s1. The lowest BCUT2D eigenvalue weighted by Crippen LogP contribution is -2.42. The number of amides is 2. The Morgan fingerprint density at radius 1 is 1.05 bits per heavy atom. The van der Waals surface area contributed by atoms with E-state index in [0.717, 1.165) is 24.3 Å². The van der Waals surface area contributed by atoms with Crippen molar-refractivity contribution in [2.45, 2.75) is 18.6 Å². The van der Waals surface area contributed by atoms with Crippen LogP contribution in [0.5, 0.6) is 0 Å². The number of hydrogen-bond acceptors (Lipinski definition) is 5. The number of alkyl halides is 3. The van der Waals surface area contributed by atoms with Crippen molar-refractivity contribution in [3.63, 3.8) is 0 Å². The zero-order valence-corrected chi connectivity index (χ0v) is 22.3. The molecule has 0 saturated carbocycles. The van der Waals surface area contributed by atoms with E-state index in [2.05, 4.69) is 26.2 Å². The zero-order chi connectivity index (χ0) is 28.8. The lowest BCUT2D eigenvalue weighted by atomic mass is 10.0. The number of rotatable bonds is 4. The van der Waals surface area contributed by atoms with Crippen LogP contribution in [-0.2, 0) is 10.9 Å². The summed E-state index contributed by atoms with van der Waals surface area (Å²) in [5, 5.41) is 2.65. The second kappa shape index (κ2) is 10.8. The summed E-state index contributed by atoms with van der Waals surface area (Å²) in [4.78, 5) is 43.5. The molecular formula is C26H22BrF5N4O4. The number of carbonyl (C=O) groups excluding carboxylic acids is 2. The van der Waals surface area contributed by atoms with Crippen LogP contribution in [-0.4, -0.2) is 67.1 Å². The molecule has 2 aliphatic heterocycles. The van der Waals surface area contributed by atoms with Crippen LogP contribution >= 0.6 is 15.9 Å². The number of nitrogens with zero attached hydrogens (tertiary/aromatic N) is 2. The quantitative estimate of drug-likeness (QED) is 0.425. The molecule has 3 heterocycles. The molecule has 2 aromatic carbocycles. The highest BCUT2D eigenvalue weighted by Crippen LogP contribution is 2.42. The number of fused-ring (bicyclic) bond motifs is 1. The number of benzene rings is 2. The van der Waals surface area contributed by atoms with E-state index in [1.54, 1.807) is 0 Å². The van der Waals surface area contributed by atoms with Gasteiger partial charge in [-0.25, -0.2) is 8.78 Å². The summed E-state index contributed by atoms with van der Waals surface area (Å²) in [6.07, 6.45) is -4.54. The molecule has 0 unspecified atom stereocenters. The number of pyridine rings is 1. The lowest BCUT2D eigenvalue weighted by molar-refractivity contribution is -0.137. The Bertz CT molecular complexity index is 1550. The van der Waals surface area contributed by atoms with Gasteiger partial charge in [-0.2, -0.15) is 13.2 Å². The molecule has 14 heteroatoms. The minimum absolute atomic E-state index is 0.0310. The van der Waals surface area contributed by atoms with Gasteiger partial charge in [0.15, 0.2) is 11.6 Å². The minimum atomic E-state index is -4.77. The van der Waals surface area contributed by atoms with E-state index >= 15 is 0 Å². The van der Waals surface area contributed by atoms with E-state index in [9.17, 15) is 36.3 Å². The summed E-state index contributed by atoms with van der Waals surface area (Å²) in [6.45, 7) is 1.04. The van der Waals surface area contributed by atoms with Crippen LogP contribution < -0.4 is 15.8 Å². The first-order valence-corrected chi connectivity index (χ1v) is 13.1. The van der Waals surface area contributed by atoms with Gasteiger partial charge in [-0.15, -0.1) is 0 Å². The fraction of sp³-hybridized carbons (Fsp3) is 0.346. The van der Waals surface area contributed by atoms with E-state index in [4.69, 9.17) is 4.74 Å². The monoisotopic (exact) mass is 628 g/mol. The molecule has 2 aliphatic rings. The summed E-state index contributed by atoms with van der Waals surface area (Å²) in [5.74, 6) is -3.86. The predicted molar refractivity (Wildman–Crippen MR) is 138 cm³/mol. The van der Waals surface area contributed by atoms with Gasteiger partial charge >= 0.3 is 6.18 Å². The van der Waals surface area contributed by atoms with Crippen LogP contribution in [0, 0.1) is 11.6 Å². The highest BCUT2D eigenvalue weighted by molar-refractivity contribution is 9.10. The summed E-state index contributed by atoms with van der Waals surface area (Å²) in [7, 11) is 0. The van der Waals surface area contributed by atoms with Crippen LogP contribution in [0.25, 0.3) is 10.9 Å². The largest absolute Gasteiger partial charge is 0.418 e. The fourth-order valence-corrected chi connectivity index (χ4v) is 5.51. The van der Waals surface area contributed by atoms with Crippen molar-refractivity contribution in [1.82, 2.24) is 15.2 Å². The van der Waals surface area contributed by atoms with Gasteiger partial charge in [0, 0.05) is 48.1 Å². The molecule has 212 valence electrons. The normalized spacial score (nSPS) is 17.9. The Hall–Kier alpha value is -3.52. The number of aromatic amines is 1. The molecule has 1 aromatic heterocycles. The van der Waals surface area contributed by atoms with Crippen LogP contribution in [0.1, 0.15) is 32.7 Å². The van der Waals surface area contributed by atoms with Crippen LogP contribution in [0.3, 0.4) is 0 Å². The number of morpholine rings is 1. The molecule has 1 atom stereocenters. The first kappa shape index (κ1) is 28.0. The minimum Gasteiger partial charge on any atom is -0.378 e. The number of nitrogens with one attached hydrogen (secondary N) is 2. The SMILES string of the molecule is O=C(N[C@@H]1CCN(c2c(C(=O)N3CCOCC3)cc(Br)cc2C(F)(F)F)C1)c1cc(=O)[nH]c2c(F)c(F)ccc12. The smallest absolute Gasteiger partial charge is 0.378 e. The van der Waals surface area contributed by atoms with Crippen molar-refractivity contribution in [2.75, 3.05) is 44.3 Å². The van der Waals surface area contributed by atoms with Crippen LogP contribution in [0.4, 0.5) is 27.6 Å². The summed E-state index contributed by atoms with van der Waals surface area (Å²) < 4.78 is 75.8. The van der Waals surface area contributed by atoms with Gasteiger partial charge in [-0.3, -0.25) is 14.4 Å². The van der Waals surface area contributed by atoms with E-state index in [0.29, 0.717) is 0 Å². The number of ether oxygens (including phenoxy) is 1. The third-order valence-electron chi connectivity index (χ3n) is 6.90. The Kier molecular flexibility index (Phi) is 7.57.